The SMILES string of the molecule is C.Cc1ccc(CO)cn1.Cc1ccc(COc2cc(F)cc(Br)c2)cn1.Fc1cc(Br)cc(I)c1. The maximum Gasteiger partial charge on any atom is 0.128 e. The number of hydrogen-bond donors (Lipinski definition) is 1. The topological polar surface area (TPSA) is 55.2 Å². The summed E-state index contributed by atoms with van der Waals surface area (Å²) in [6.45, 7) is 4.30. The Morgan fingerprint density at radius 2 is 1.33 bits per heavy atom. The molecule has 2 aromatic carbocycles. The second-order valence-electron chi connectivity index (χ2n) is 7.26. The van der Waals surface area contributed by atoms with Crippen LogP contribution in [0, 0.1) is 29.1 Å². The fourth-order valence-corrected chi connectivity index (χ4v) is 4.45. The molecule has 4 nitrogen and oxygen atoms in total. The van der Waals surface area contributed by atoms with E-state index in [1.54, 1.807) is 18.5 Å². The van der Waals surface area contributed by atoms with Gasteiger partial charge in [-0.05, 0) is 84.5 Å². The predicted octanol–water partition coefficient (Wildman–Crippen LogP) is 8.58. The van der Waals surface area contributed by atoms with Gasteiger partial charge in [-0.15, -0.1) is 0 Å². The van der Waals surface area contributed by atoms with Gasteiger partial charge in [0.05, 0.1) is 6.61 Å². The molecular weight excluding hydrogens is 709 g/mol. The van der Waals surface area contributed by atoms with Crippen molar-refractivity contribution in [3.05, 3.63) is 120 Å². The molecule has 0 fully saturated rings. The number of hydrogen-bond acceptors (Lipinski definition) is 4. The van der Waals surface area contributed by atoms with Crippen molar-refractivity contribution < 1.29 is 18.6 Å². The predicted molar refractivity (Wildman–Crippen MR) is 156 cm³/mol. The van der Waals surface area contributed by atoms with E-state index in [1.165, 1.54) is 24.3 Å². The molecule has 2 aromatic heterocycles. The van der Waals surface area contributed by atoms with Crippen molar-refractivity contribution in [1.29, 1.82) is 0 Å². The van der Waals surface area contributed by atoms with Gasteiger partial charge in [-0.25, -0.2) is 8.78 Å². The molecule has 0 amide bonds. The molecule has 1 N–H and O–H groups in total. The third-order valence-electron chi connectivity index (χ3n) is 4.20. The Kier molecular flexibility index (Phi) is 14.9. The zero-order chi connectivity index (χ0) is 25.8. The molecule has 0 aliphatic heterocycles. The summed E-state index contributed by atoms with van der Waals surface area (Å²) < 4.78 is 33.3. The Labute approximate surface area is 241 Å². The number of benzene rings is 2. The monoisotopic (exact) mass is 734 g/mol. The summed E-state index contributed by atoms with van der Waals surface area (Å²) in [7, 11) is 0. The van der Waals surface area contributed by atoms with Gasteiger partial charge < -0.3 is 9.84 Å². The van der Waals surface area contributed by atoms with Gasteiger partial charge in [0.15, 0.2) is 0 Å². The lowest BCUT2D eigenvalue weighted by atomic mass is 10.2. The number of nitrogens with zero attached hydrogens (tertiary/aromatic N) is 2. The Morgan fingerprint density at radius 1 is 0.806 bits per heavy atom. The Balaban J connectivity index is 0.000000291. The van der Waals surface area contributed by atoms with E-state index in [0.717, 1.165) is 30.6 Å². The average molecular weight is 736 g/mol. The van der Waals surface area contributed by atoms with Crippen molar-refractivity contribution in [3.63, 3.8) is 0 Å². The van der Waals surface area contributed by atoms with Crippen LogP contribution >= 0.6 is 54.5 Å². The smallest absolute Gasteiger partial charge is 0.128 e. The Hall–Kier alpha value is -1.95. The van der Waals surface area contributed by atoms with E-state index in [2.05, 4.69) is 64.4 Å². The molecule has 0 spiro atoms. The minimum absolute atomic E-state index is 0. The molecule has 0 aliphatic carbocycles. The van der Waals surface area contributed by atoms with Crippen LogP contribution in [-0.4, -0.2) is 15.1 Å². The van der Waals surface area contributed by atoms with Gasteiger partial charge in [-0.1, -0.05) is 51.4 Å². The molecule has 2 heterocycles. The van der Waals surface area contributed by atoms with Crippen LogP contribution in [0.2, 0.25) is 0 Å². The largest absolute Gasteiger partial charge is 0.489 e. The number of aryl methyl sites for hydroxylation is 2. The van der Waals surface area contributed by atoms with Crippen LogP contribution in [0.25, 0.3) is 0 Å². The van der Waals surface area contributed by atoms with Crippen molar-refractivity contribution in [2.24, 2.45) is 0 Å². The number of pyridine rings is 2. The summed E-state index contributed by atoms with van der Waals surface area (Å²) in [5.41, 5.74) is 3.76. The highest BCUT2D eigenvalue weighted by Gasteiger charge is 2.01. The second kappa shape index (κ2) is 16.7. The van der Waals surface area contributed by atoms with Crippen LogP contribution in [-0.2, 0) is 13.2 Å². The average Bonchev–Trinajstić information content (AvgIpc) is 2.79. The van der Waals surface area contributed by atoms with Crippen molar-refractivity contribution >= 4 is 54.5 Å². The van der Waals surface area contributed by atoms with Gasteiger partial charge in [0.25, 0.3) is 0 Å². The van der Waals surface area contributed by atoms with Gasteiger partial charge in [0.1, 0.15) is 24.0 Å². The summed E-state index contributed by atoms with van der Waals surface area (Å²) in [6, 6.07) is 16.8. The molecule has 36 heavy (non-hydrogen) atoms. The zero-order valence-electron chi connectivity index (χ0n) is 19.0. The molecule has 9 heteroatoms. The van der Waals surface area contributed by atoms with Crippen LogP contribution < -0.4 is 4.74 Å². The standard InChI is InChI=1S/C13H11BrFNO.C7H9NO.C6H3BrFI.CH4/c1-9-2-3-10(7-16-9)8-17-13-5-11(14)4-12(15)6-13;1-6-2-3-7(5-9)4-8-6;7-4-1-5(8)3-6(9)2-4;/h2-7H,8H2,1H3;2-4,9H,5H2,1H3;1-3H;1H4. The summed E-state index contributed by atoms with van der Waals surface area (Å²) in [4.78, 5) is 8.15. The molecule has 4 rings (SSSR count). The first-order chi connectivity index (χ1) is 16.6. The lowest BCUT2D eigenvalue weighted by Gasteiger charge is -2.06. The summed E-state index contributed by atoms with van der Waals surface area (Å²) >= 11 is 8.45. The van der Waals surface area contributed by atoms with Gasteiger partial charge in [0, 0.05) is 47.9 Å². The number of ether oxygens (including phenoxy) is 1. The lowest BCUT2D eigenvalue weighted by molar-refractivity contribution is 0.281. The first-order valence-corrected chi connectivity index (χ1v) is 13.0. The van der Waals surface area contributed by atoms with Crippen molar-refractivity contribution in [1.82, 2.24) is 9.97 Å². The maximum absolute atomic E-state index is 13.1. The molecule has 0 bridgehead atoms. The highest BCUT2D eigenvalue weighted by Crippen LogP contribution is 2.21. The highest BCUT2D eigenvalue weighted by molar-refractivity contribution is 14.1. The van der Waals surface area contributed by atoms with Gasteiger partial charge >= 0.3 is 0 Å². The first-order valence-electron chi connectivity index (χ1n) is 10.3. The van der Waals surface area contributed by atoms with E-state index < -0.39 is 0 Å². The van der Waals surface area contributed by atoms with Crippen molar-refractivity contribution in [3.8, 4) is 5.75 Å². The van der Waals surface area contributed by atoms with E-state index in [1.807, 2.05) is 44.2 Å². The minimum Gasteiger partial charge on any atom is -0.489 e. The molecule has 192 valence electrons. The second-order valence-corrected chi connectivity index (χ2v) is 10.3. The number of rotatable bonds is 4. The third-order valence-corrected chi connectivity index (χ3v) is 5.74. The van der Waals surface area contributed by atoms with Gasteiger partial charge in [0.2, 0.25) is 0 Å². The highest BCUT2D eigenvalue weighted by atomic mass is 127. The van der Waals surface area contributed by atoms with Gasteiger partial charge in [-0.2, -0.15) is 0 Å². The quantitative estimate of drug-likeness (QED) is 0.214. The summed E-state index contributed by atoms with van der Waals surface area (Å²) in [5, 5.41) is 8.59. The first kappa shape index (κ1) is 32.1. The number of halogens is 5. The Morgan fingerprint density at radius 3 is 1.78 bits per heavy atom. The molecular formula is C27H27Br2F2IN2O2. The molecule has 0 saturated heterocycles. The lowest BCUT2D eigenvalue weighted by Crippen LogP contribution is -1.97. The van der Waals surface area contributed by atoms with Gasteiger partial charge in [-0.3, -0.25) is 9.97 Å². The molecule has 0 aliphatic rings. The minimum atomic E-state index is -0.323. The Bertz CT molecular complexity index is 1140. The normalized spacial score (nSPS) is 9.67. The number of aromatic nitrogens is 2. The maximum atomic E-state index is 13.1. The molecule has 4 aromatic rings. The van der Waals surface area contributed by atoms with Crippen LogP contribution in [0.15, 0.2) is 82.0 Å². The number of aliphatic hydroxyl groups excluding tert-OH is 1. The van der Waals surface area contributed by atoms with E-state index in [4.69, 9.17) is 9.84 Å². The van der Waals surface area contributed by atoms with E-state index in [0.29, 0.717) is 16.8 Å². The van der Waals surface area contributed by atoms with Crippen LogP contribution in [0.3, 0.4) is 0 Å². The van der Waals surface area contributed by atoms with Crippen molar-refractivity contribution in [2.75, 3.05) is 0 Å². The third kappa shape index (κ3) is 12.8. The molecule has 0 unspecified atom stereocenters. The molecule has 0 saturated carbocycles. The zero-order valence-corrected chi connectivity index (χ0v) is 24.3. The molecule has 0 radical (unpaired) electrons. The summed E-state index contributed by atoms with van der Waals surface area (Å²) in [6.07, 6.45) is 3.43. The van der Waals surface area contributed by atoms with Crippen molar-refractivity contribution in [2.45, 2.75) is 34.5 Å². The number of aliphatic hydroxyl groups is 1. The van der Waals surface area contributed by atoms with E-state index in [9.17, 15) is 8.78 Å². The van der Waals surface area contributed by atoms with E-state index >= 15 is 0 Å². The molecule has 0 atom stereocenters. The van der Waals surface area contributed by atoms with Crippen LogP contribution in [0.1, 0.15) is 29.9 Å². The van der Waals surface area contributed by atoms with Crippen LogP contribution in [0.4, 0.5) is 8.78 Å². The fraction of sp³-hybridized carbons (Fsp3) is 0.185. The van der Waals surface area contributed by atoms with Crippen LogP contribution in [0.5, 0.6) is 5.75 Å². The summed E-state index contributed by atoms with van der Waals surface area (Å²) in [5.74, 6) is -0.0253. The fourth-order valence-electron chi connectivity index (χ4n) is 2.47. The van der Waals surface area contributed by atoms with E-state index in [-0.39, 0.29) is 25.7 Å².